The van der Waals surface area contributed by atoms with E-state index >= 15 is 0 Å². The van der Waals surface area contributed by atoms with Crippen molar-refractivity contribution in [1.82, 2.24) is 25.0 Å². The molecule has 0 radical (unpaired) electrons. The standard InChI is InChI=1S/C20H20N7O5S/c1-32-13-5-6-14-15(7-13)22-19(21)23-18(14)16-9-26(25-24-16)8-12-3-2-4-17(27(12)29)20(28)10-33(30,31)11-20/h2-7,9,28-29H,8,10-11H2,1H3,(H2,21,22,23)/q+1. The van der Waals surface area contributed by atoms with E-state index < -0.39 is 26.9 Å². The lowest BCUT2D eigenvalue weighted by molar-refractivity contribution is -0.917. The van der Waals surface area contributed by atoms with Crippen molar-refractivity contribution in [3.05, 3.63) is 54.0 Å². The summed E-state index contributed by atoms with van der Waals surface area (Å²) in [6.45, 7) is 0.104. The van der Waals surface area contributed by atoms with Crippen molar-refractivity contribution in [2.45, 2.75) is 12.1 Å². The largest absolute Gasteiger partial charge is 0.497 e. The van der Waals surface area contributed by atoms with Crippen LogP contribution in [0.15, 0.2) is 42.6 Å². The predicted molar refractivity (Wildman–Crippen MR) is 115 cm³/mol. The summed E-state index contributed by atoms with van der Waals surface area (Å²) in [6, 6.07) is 10.1. The topological polar surface area (TPSA) is 170 Å². The number of sulfone groups is 1. The van der Waals surface area contributed by atoms with Gasteiger partial charge in [0.05, 0.1) is 30.3 Å². The molecule has 1 saturated heterocycles. The summed E-state index contributed by atoms with van der Waals surface area (Å²) >= 11 is 0. The maximum Gasteiger partial charge on any atom is 0.267 e. The normalized spacial score (nSPS) is 16.4. The van der Waals surface area contributed by atoms with Crippen LogP contribution in [0.3, 0.4) is 0 Å². The Morgan fingerprint density at radius 2 is 2.03 bits per heavy atom. The number of hydrogen-bond donors (Lipinski definition) is 3. The molecule has 0 unspecified atom stereocenters. The number of aromatic nitrogens is 6. The van der Waals surface area contributed by atoms with Crippen LogP contribution >= 0.6 is 0 Å². The number of nitrogens with zero attached hydrogens (tertiary/aromatic N) is 6. The third kappa shape index (κ3) is 3.70. The van der Waals surface area contributed by atoms with Crippen molar-refractivity contribution in [3.8, 4) is 17.1 Å². The molecule has 4 N–H and O–H groups in total. The molecule has 1 fully saturated rings. The van der Waals surface area contributed by atoms with Gasteiger partial charge in [-0.25, -0.2) is 23.1 Å². The van der Waals surface area contributed by atoms with Gasteiger partial charge in [-0.3, -0.25) is 5.21 Å². The fraction of sp³-hybridized carbons (Fsp3) is 0.250. The molecule has 0 amide bonds. The van der Waals surface area contributed by atoms with Gasteiger partial charge in [-0.1, -0.05) is 5.21 Å². The van der Waals surface area contributed by atoms with Gasteiger partial charge >= 0.3 is 0 Å². The zero-order valence-corrected chi connectivity index (χ0v) is 18.3. The number of ether oxygens (including phenoxy) is 1. The van der Waals surface area contributed by atoms with E-state index in [0.29, 0.717) is 33.7 Å². The van der Waals surface area contributed by atoms with Crippen molar-refractivity contribution in [1.29, 1.82) is 0 Å². The average molecular weight is 470 g/mol. The first-order chi connectivity index (χ1) is 15.7. The van der Waals surface area contributed by atoms with E-state index in [0.717, 1.165) is 4.73 Å². The summed E-state index contributed by atoms with van der Waals surface area (Å²) in [6.07, 6.45) is 1.64. The highest BCUT2D eigenvalue weighted by atomic mass is 32.2. The Balaban J connectivity index is 1.47. The summed E-state index contributed by atoms with van der Waals surface area (Å²) in [5, 5.41) is 30.2. The van der Waals surface area contributed by atoms with Gasteiger partial charge in [-0.05, 0) is 18.2 Å². The molecule has 33 heavy (non-hydrogen) atoms. The molecule has 0 saturated carbocycles. The molecule has 0 spiro atoms. The molecule has 13 heteroatoms. The van der Waals surface area contributed by atoms with Crippen LogP contribution in [0.4, 0.5) is 5.95 Å². The predicted octanol–water partition coefficient (Wildman–Crippen LogP) is -0.332. The Morgan fingerprint density at radius 3 is 2.76 bits per heavy atom. The van der Waals surface area contributed by atoms with E-state index in [9.17, 15) is 18.7 Å². The van der Waals surface area contributed by atoms with E-state index in [1.165, 1.54) is 10.7 Å². The van der Waals surface area contributed by atoms with Gasteiger partial charge in [0.2, 0.25) is 5.95 Å². The van der Waals surface area contributed by atoms with E-state index in [1.807, 2.05) is 0 Å². The molecule has 0 bridgehead atoms. The zero-order valence-electron chi connectivity index (χ0n) is 17.5. The first-order valence-corrected chi connectivity index (χ1v) is 11.7. The minimum absolute atomic E-state index is 0.0740. The molecule has 170 valence electrons. The second-order valence-corrected chi connectivity index (χ2v) is 9.96. The maximum atomic E-state index is 11.6. The molecule has 3 aromatic heterocycles. The Hall–Kier alpha value is -3.84. The molecular weight excluding hydrogens is 450 g/mol. The van der Waals surface area contributed by atoms with Crippen LogP contribution < -0.4 is 15.2 Å². The molecular formula is C20H20N7O5S+. The smallest absolute Gasteiger partial charge is 0.267 e. The lowest BCUT2D eigenvalue weighted by Gasteiger charge is -2.32. The highest BCUT2D eigenvalue weighted by Crippen LogP contribution is 2.32. The molecule has 12 nitrogen and oxygen atoms in total. The van der Waals surface area contributed by atoms with Crippen LogP contribution in [0.1, 0.15) is 11.4 Å². The fourth-order valence-electron chi connectivity index (χ4n) is 3.95. The van der Waals surface area contributed by atoms with E-state index in [4.69, 9.17) is 10.5 Å². The molecule has 1 aliphatic rings. The van der Waals surface area contributed by atoms with Gasteiger partial charge in [-0.2, -0.15) is 0 Å². The number of methoxy groups -OCH3 is 1. The van der Waals surface area contributed by atoms with E-state index in [-0.39, 0.29) is 18.2 Å². The van der Waals surface area contributed by atoms with Crippen LogP contribution in [0, 0.1) is 0 Å². The van der Waals surface area contributed by atoms with Crippen LogP contribution in [-0.2, 0) is 22.0 Å². The number of pyridine rings is 1. The van der Waals surface area contributed by atoms with Crippen LogP contribution in [-0.4, -0.2) is 62.3 Å². The van der Waals surface area contributed by atoms with Gasteiger partial charge in [0.15, 0.2) is 15.4 Å². The first kappa shape index (κ1) is 21.0. The molecule has 4 heterocycles. The number of fused-ring (bicyclic) bond motifs is 1. The van der Waals surface area contributed by atoms with Gasteiger partial charge in [0.25, 0.3) is 11.4 Å². The van der Waals surface area contributed by atoms with Crippen molar-refractivity contribution in [3.63, 3.8) is 0 Å². The molecule has 1 aliphatic heterocycles. The molecule has 4 aromatic rings. The molecule has 0 aliphatic carbocycles. The second kappa shape index (κ2) is 7.35. The summed E-state index contributed by atoms with van der Waals surface area (Å²) in [5.74, 6) is -0.178. The van der Waals surface area contributed by atoms with Crippen molar-refractivity contribution in [2.24, 2.45) is 0 Å². The Kier molecular flexibility index (Phi) is 4.68. The minimum Gasteiger partial charge on any atom is -0.497 e. The number of aliphatic hydroxyl groups is 1. The molecule has 5 rings (SSSR count). The lowest BCUT2D eigenvalue weighted by Crippen LogP contribution is -2.59. The Labute approximate surface area is 187 Å². The molecule has 0 atom stereocenters. The number of nitrogen functional groups attached to an aromatic ring is 1. The Bertz CT molecular complexity index is 1490. The maximum absolute atomic E-state index is 11.6. The van der Waals surface area contributed by atoms with Crippen molar-refractivity contribution in [2.75, 3.05) is 24.3 Å². The highest BCUT2D eigenvalue weighted by Gasteiger charge is 2.54. The fourth-order valence-corrected chi connectivity index (χ4v) is 5.62. The van der Waals surface area contributed by atoms with Gasteiger partial charge in [-0.15, -0.1) is 5.10 Å². The number of rotatable bonds is 5. The summed E-state index contributed by atoms with van der Waals surface area (Å²) in [7, 11) is -1.75. The van der Waals surface area contributed by atoms with Gasteiger partial charge < -0.3 is 15.6 Å². The van der Waals surface area contributed by atoms with Crippen LogP contribution in [0.2, 0.25) is 0 Å². The summed E-state index contributed by atoms with van der Waals surface area (Å²) in [5.41, 5.74) is 6.25. The molecule has 1 aromatic carbocycles. The van der Waals surface area contributed by atoms with E-state index in [2.05, 4.69) is 20.3 Å². The quantitative estimate of drug-likeness (QED) is 0.259. The average Bonchev–Trinajstić information content (AvgIpc) is 3.21. The highest BCUT2D eigenvalue weighted by molar-refractivity contribution is 7.92. The zero-order chi connectivity index (χ0) is 23.4. The lowest BCUT2D eigenvalue weighted by atomic mass is 10.0. The third-order valence-corrected chi connectivity index (χ3v) is 7.30. The Morgan fingerprint density at radius 1 is 1.24 bits per heavy atom. The van der Waals surface area contributed by atoms with Crippen LogP contribution in [0.25, 0.3) is 22.3 Å². The number of hydrogen-bond acceptors (Lipinski definition) is 10. The third-order valence-electron chi connectivity index (χ3n) is 5.46. The van der Waals surface area contributed by atoms with E-state index in [1.54, 1.807) is 43.6 Å². The first-order valence-electron chi connectivity index (χ1n) is 9.86. The van der Waals surface area contributed by atoms with Crippen LogP contribution in [0.5, 0.6) is 5.75 Å². The second-order valence-electron chi connectivity index (χ2n) is 7.89. The monoisotopic (exact) mass is 470 g/mol. The number of benzene rings is 1. The number of anilines is 1. The van der Waals surface area contributed by atoms with Gasteiger partial charge in [0, 0.05) is 28.3 Å². The SMILES string of the molecule is COc1ccc2c(-c3cn(Cc4cccc(C5(O)CS(=O)(=O)C5)[n+]4O)nn3)nc(N)nc2c1. The minimum atomic E-state index is -3.31. The van der Waals surface area contributed by atoms with Crippen molar-refractivity contribution < 1.29 is 28.2 Å². The van der Waals surface area contributed by atoms with Crippen molar-refractivity contribution >= 4 is 26.7 Å². The number of nitrogens with two attached hydrogens (primary N) is 1. The van der Waals surface area contributed by atoms with Gasteiger partial charge in [0.1, 0.15) is 23.7 Å². The summed E-state index contributed by atoms with van der Waals surface area (Å²) < 4.78 is 30.6. The summed E-state index contributed by atoms with van der Waals surface area (Å²) in [4.78, 5) is 8.55.